The first-order chi connectivity index (χ1) is 8.58. The van der Waals surface area contributed by atoms with E-state index in [0.717, 1.165) is 12.5 Å². The third-order valence-electron chi connectivity index (χ3n) is 4.34. The van der Waals surface area contributed by atoms with Crippen molar-refractivity contribution in [2.75, 3.05) is 13.1 Å². The van der Waals surface area contributed by atoms with Gasteiger partial charge in [-0.05, 0) is 37.0 Å². The van der Waals surface area contributed by atoms with Gasteiger partial charge in [-0.1, -0.05) is 46.5 Å². The molecule has 0 amide bonds. The lowest BCUT2D eigenvalue weighted by Crippen LogP contribution is -2.40. The first-order valence-electron chi connectivity index (χ1n) is 8.04. The molecule has 2 heteroatoms. The second-order valence-electron chi connectivity index (χ2n) is 6.84. The third-order valence-corrected chi connectivity index (χ3v) is 4.34. The molecule has 1 fully saturated rings. The molecule has 2 nitrogen and oxygen atoms in total. The fourth-order valence-electron chi connectivity index (χ4n) is 3.54. The van der Waals surface area contributed by atoms with Crippen molar-refractivity contribution in [1.82, 2.24) is 5.32 Å². The molecule has 1 aliphatic carbocycles. The molecule has 1 unspecified atom stereocenters. The highest BCUT2D eigenvalue weighted by molar-refractivity contribution is 4.87. The highest BCUT2D eigenvalue weighted by Gasteiger charge is 2.33. The van der Waals surface area contributed by atoms with Crippen LogP contribution in [-0.4, -0.2) is 19.1 Å². The number of nitrogens with one attached hydrogen (secondary N) is 1. The van der Waals surface area contributed by atoms with Crippen LogP contribution >= 0.6 is 0 Å². The molecule has 0 aliphatic heterocycles. The predicted octanol–water partition coefficient (Wildman–Crippen LogP) is 3.70. The summed E-state index contributed by atoms with van der Waals surface area (Å²) in [6.07, 6.45) is 10.8. The van der Waals surface area contributed by atoms with E-state index in [1.807, 2.05) is 0 Å². The van der Waals surface area contributed by atoms with E-state index in [1.54, 1.807) is 0 Å². The van der Waals surface area contributed by atoms with Crippen molar-refractivity contribution in [3.8, 4) is 0 Å². The average molecular weight is 254 g/mol. The standard InChI is InChI=1S/C16H34N2/c1-4-5-8-15(17)12-18-13-16(11-14(2)3)9-6-7-10-16/h14-15,18H,4-13,17H2,1-3H3. The molecule has 0 aromatic heterocycles. The summed E-state index contributed by atoms with van der Waals surface area (Å²) in [5, 5.41) is 3.66. The van der Waals surface area contributed by atoms with E-state index in [9.17, 15) is 0 Å². The number of unbranched alkanes of at least 4 members (excludes halogenated alkanes) is 1. The van der Waals surface area contributed by atoms with Gasteiger partial charge in [0.2, 0.25) is 0 Å². The molecule has 1 rings (SSSR count). The Morgan fingerprint density at radius 2 is 1.89 bits per heavy atom. The molecular weight excluding hydrogens is 220 g/mol. The molecule has 18 heavy (non-hydrogen) atoms. The second kappa shape index (κ2) is 8.16. The van der Waals surface area contributed by atoms with E-state index in [-0.39, 0.29) is 0 Å². The van der Waals surface area contributed by atoms with Crippen LogP contribution in [0.4, 0.5) is 0 Å². The van der Waals surface area contributed by atoms with Crippen LogP contribution in [-0.2, 0) is 0 Å². The minimum absolute atomic E-state index is 0.349. The first kappa shape index (κ1) is 16.0. The van der Waals surface area contributed by atoms with Gasteiger partial charge in [-0.3, -0.25) is 0 Å². The summed E-state index contributed by atoms with van der Waals surface area (Å²) >= 11 is 0. The Morgan fingerprint density at radius 3 is 2.44 bits per heavy atom. The van der Waals surface area contributed by atoms with Gasteiger partial charge in [-0.15, -0.1) is 0 Å². The van der Waals surface area contributed by atoms with Crippen LogP contribution in [0.15, 0.2) is 0 Å². The fraction of sp³-hybridized carbons (Fsp3) is 1.00. The molecule has 0 aromatic rings. The van der Waals surface area contributed by atoms with Gasteiger partial charge in [0.05, 0.1) is 0 Å². The maximum absolute atomic E-state index is 6.13. The third kappa shape index (κ3) is 5.71. The summed E-state index contributed by atoms with van der Waals surface area (Å²) in [5.41, 5.74) is 6.71. The highest BCUT2D eigenvalue weighted by atomic mass is 14.9. The van der Waals surface area contributed by atoms with Gasteiger partial charge >= 0.3 is 0 Å². The lowest BCUT2D eigenvalue weighted by atomic mass is 9.78. The van der Waals surface area contributed by atoms with Crippen LogP contribution in [0.3, 0.4) is 0 Å². The zero-order valence-corrected chi connectivity index (χ0v) is 12.8. The first-order valence-corrected chi connectivity index (χ1v) is 8.04. The predicted molar refractivity (Wildman–Crippen MR) is 80.7 cm³/mol. The molecule has 0 spiro atoms. The molecule has 1 aliphatic rings. The molecule has 0 heterocycles. The summed E-state index contributed by atoms with van der Waals surface area (Å²) in [6.45, 7) is 9.13. The Bertz CT molecular complexity index is 207. The van der Waals surface area contributed by atoms with Gasteiger partial charge in [0.25, 0.3) is 0 Å². The number of hydrogen-bond donors (Lipinski definition) is 2. The lowest BCUT2D eigenvalue weighted by molar-refractivity contribution is 0.222. The molecule has 1 atom stereocenters. The molecule has 0 saturated heterocycles. The number of rotatable bonds is 9. The van der Waals surface area contributed by atoms with Crippen molar-refractivity contribution in [3.05, 3.63) is 0 Å². The Balaban J connectivity index is 2.25. The van der Waals surface area contributed by atoms with Crippen molar-refractivity contribution in [3.63, 3.8) is 0 Å². The molecule has 0 radical (unpaired) electrons. The number of hydrogen-bond acceptors (Lipinski definition) is 2. The fourth-order valence-corrected chi connectivity index (χ4v) is 3.54. The highest BCUT2D eigenvalue weighted by Crippen LogP contribution is 2.42. The monoisotopic (exact) mass is 254 g/mol. The Kier molecular flexibility index (Phi) is 7.25. The minimum atomic E-state index is 0.349. The SMILES string of the molecule is CCCCC(N)CNCC1(CC(C)C)CCCC1. The topological polar surface area (TPSA) is 38.0 Å². The van der Waals surface area contributed by atoms with E-state index < -0.39 is 0 Å². The van der Waals surface area contributed by atoms with Gasteiger partial charge in [0, 0.05) is 19.1 Å². The van der Waals surface area contributed by atoms with Crippen molar-refractivity contribution >= 4 is 0 Å². The van der Waals surface area contributed by atoms with E-state index >= 15 is 0 Å². The van der Waals surface area contributed by atoms with E-state index in [4.69, 9.17) is 5.73 Å². The van der Waals surface area contributed by atoms with Crippen molar-refractivity contribution in [1.29, 1.82) is 0 Å². The van der Waals surface area contributed by atoms with Crippen LogP contribution in [0.25, 0.3) is 0 Å². The van der Waals surface area contributed by atoms with Crippen LogP contribution in [0, 0.1) is 11.3 Å². The van der Waals surface area contributed by atoms with Gasteiger partial charge in [0.15, 0.2) is 0 Å². The van der Waals surface area contributed by atoms with E-state index in [1.165, 1.54) is 57.9 Å². The Labute approximate surface area is 114 Å². The van der Waals surface area contributed by atoms with Crippen LogP contribution < -0.4 is 11.1 Å². The maximum Gasteiger partial charge on any atom is 0.0165 e. The lowest BCUT2D eigenvalue weighted by Gasteiger charge is -2.32. The summed E-state index contributed by atoms with van der Waals surface area (Å²) < 4.78 is 0. The summed E-state index contributed by atoms with van der Waals surface area (Å²) in [7, 11) is 0. The summed E-state index contributed by atoms with van der Waals surface area (Å²) in [6, 6.07) is 0.349. The average Bonchev–Trinajstić information content (AvgIpc) is 2.74. The van der Waals surface area contributed by atoms with E-state index in [2.05, 4.69) is 26.1 Å². The van der Waals surface area contributed by atoms with Crippen LogP contribution in [0.1, 0.15) is 72.1 Å². The van der Waals surface area contributed by atoms with Crippen molar-refractivity contribution in [2.24, 2.45) is 17.1 Å². The number of nitrogens with two attached hydrogens (primary N) is 1. The Hall–Kier alpha value is -0.0800. The Morgan fingerprint density at radius 1 is 1.22 bits per heavy atom. The maximum atomic E-state index is 6.13. The molecule has 0 bridgehead atoms. The summed E-state index contributed by atoms with van der Waals surface area (Å²) in [4.78, 5) is 0. The zero-order chi connectivity index (χ0) is 13.4. The van der Waals surface area contributed by atoms with Crippen LogP contribution in [0.2, 0.25) is 0 Å². The second-order valence-corrected chi connectivity index (χ2v) is 6.84. The smallest absolute Gasteiger partial charge is 0.0165 e. The van der Waals surface area contributed by atoms with Crippen LogP contribution in [0.5, 0.6) is 0 Å². The molecular formula is C16H34N2. The zero-order valence-electron chi connectivity index (χ0n) is 12.8. The summed E-state index contributed by atoms with van der Waals surface area (Å²) in [5.74, 6) is 0.818. The van der Waals surface area contributed by atoms with Crippen molar-refractivity contribution in [2.45, 2.75) is 78.2 Å². The van der Waals surface area contributed by atoms with Gasteiger partial charge < -0.3 is 11.1 Å². The molecule has 108 valence electrons. The largest absolute Gasteiger partial charge is 0.327 e. The van der Waals surface area contributed by atoms with Crippen molar-refractivity contribution < 1.29 is 0 Å². The van der Waals surface area contributed by atoms with E-state index in [0.29, 0.717) is 11.5 Å². The molecule has 3 N–H and O–H groups in total. The quantitative estimate of drug-likeness (QED) is 0.658. The van der Waals surface area contributed by atoms with Gasteiger partial charge in [-0.25, -0.2) is 0 Å². The van der Waals surface area contributed by atoms with Gasteiger partial charge in [0.1, 0.15) is 0 Å². The normalized spacial score (nSPS) is 20.5. The minimum Gasteiger partial charge on any atom is -0.327 e. The molecule has 1 saturated carbocycles. The van der Waals surface area contributed by atoms with Gasteiger partial charge in [-0.2, -0.15) is 0 Å². The molecule has 0 aromatic carbocycles.